The molecule has 134 valence electrons. The van der Waals surface area contributed by atoms with Gasteiger partial charge in [0.2, 0.25) is 0 Å². The summed E-state index contributed by atoms with van der Waals surface area (Å²) in [5, 5.41) is 3.11. The summed E-state index contributed by atoms with van der Waals surface area (Å²) in [6.45, 7) is 10.2. The quantitative estimate of drug-likeness (QED) is 0.757. The van der Waals surface area contributed by atoms with E-state index in [-0.39, 0.29) is 11.9 Å². The number of nitrogens with one attached hydrogen (secondary N) is 1. The summed E-state index contributed by atoms with van der Waals surface area (Å²) < 4.78 is 5.96. The number of ether oxygens (including phenoxy) is 1. The van der Waals surface area contributed by atoms with Gasteiger partial charge in [-0.05, 0) is 43.4 Å². The van der Waals surface area contributed by atoms with E-state index in [1.165, 1.54) is 5.56 Å². The lowest BCUT2D eigenvalue weighted by atomic mass is 10.0. The van der Waals surface area contributed by atoms with Crippen molar-refractivity contribution in [2.45, 2.75) is 59.1 Å². The topological polar surface area (TPSA) is 38.3 Å². The summed E-state index contributed by atoms with van der Waals surface area (Å²) in [5.74, 6) is 1.04. The molecule has 25 heavy (non-hydrogen) atoms. The molecule has 0 unspecified atom stereocenters. The molecule has 0 aliphatic carbocycles. The highest BCUT2D eigenvalue weighted by molar-refractivity contribution is 5.81. The number of benzene rings is 2. The SMILES string of the molecule is CC[C@@H](NC(=O)[C@H](C)Oc1ccccc1C(C)C)c1ccc(C)cc1. The van der Waals surface area contributed by atoms with Crippen molar-refractivity contribution in [3.63, 3.8) is 0 Å². The van der Waals surface area contributed by atoms with E-state index in [2.05, 4.69) is 57.3 Å². The molecule has 0 spiro atoms. The van der Waals surface area contributed by atoms with Crippen LogP contribution in [0.4, 0.5) is 0 Å². The van der Waals surface area contributed by atoms with Gasteiger partial charge in [0.25, 0.3) is 5.91 Å². The van der Waals surface area contributed by atoms with Crippen molar-refractivity contribution in [1.29, 1.82) is 0 Å². The van der Waals surface area contributed by atoms with Crippen molar-refractivity contribution in [1.82, 2.24) is 5.32 Å². The first-order chi connectivity index (χ1) is 11.9. The number of carbonyl (C=O) groups excluding carboxylic acids is 1. The lowest BCUT2D eigenvalue weighted by Gasteiger charge is -2.22. The molecule has 2 aromatic carbocycles. The second-order valence-electron chi connectivity index (χ2n) is 6.83. The van der Waals surface area contributed by atoms with Gasteiger partial charge in [0.1, 0.15) is 5.75 Å². The minimum Gasteiger partial charge on any atom is -0.481 e. The summed E-state index contributed by atoms with van der Waals surface area (Å²) in [7, 11) is 0. The average molecular weight is 339 g/mol. The van der Waals surface area contributed by atoms with E-state index in [0.717, 1.165) is 23.3 Å². The zero-order valence-electron chi connectivity index (χ0n) is 15.9. The van der Waals surface area contributed by atoms with E-state index < -0.39 is 6.10 Å². The molecule has 0 radical (unpaired) electrons. The van der Waals surface area contributed by atoms with Crippen molar-refractivity contribution < 1.29 is 9.53 Å². The molecule has 2 aromatic rings. The van der Waals surface area contributed by atoms with Gasteiger partial charge in [-0.2, -0.15) is 0 Å². The van der Waals surface area contributed by atoms with E-state index in [1.807, 2.05) is 24.3 Å². The van der Waals surface area contributed by atoms with Gasteiger partial charge in [0.05, 0.1) is 6.04 Å². The molecular weight excluding hydrogens is 310 g/mol. The van der Waals surface area contributed by atoms with Crippen LogP contribution in [0.5, 0.6) is 5.75 Å². The van der Waals surface area contributed by atoms with Crippen LogP contribution in [0.3, 0.4) is 0 Å². The van der Waals surface area contributed by atoms with E-state index in [1.54, 1.807) is 6.92 Å². The van der Waals surface area contributed by atoms with E-state index >= 15 is 0 Å². The Bertz CT molecular complexity index is 691. The van der Waals surface area contributed by atoms with Crippen LogP contribution in [0.25, 0.3) is 0 Å². The van der Waals surface area contributed by atoms with Gasteiger partial charge in [-0.3, -0.25) is 4.79 Å². The van der Waals surface area contributed by atoms with Crippen LogP contribution in [-0.4, -0.2) is 12.0 Å². The Morgan fingerprint density at radius 3 is 2.28 bits per heavy atom. The number of hydrogen-bond donors (Lipinski definition) is 1. The molecule has 3 heteroatoms. The standard InChI is InChI=1S/C22H29NO2/c1-6-20(18-13-11-16(4)12-14-18)23-22(24)17(5)25-21-10-8-7-9-19(21)15(2)3/h7-15,17,20H,6H2,1-5H3,(H,23,24)/t17-,20+/m0/s1. The molecule has 0 fully saturated rings. The molecule has 3 nitrogen and oxygen atoms in total. The first-order valence-corrected chi connectivity index (χ1v) is 9.04. The Hall–Kier alpha value is -2.29. The van der Waals surface area contributed by atoms with E-state index in [4.69, 9.17) is 4.74 Å². The molecule has 2 atom stereocenters. The third-order valence-electron chi connectivity index (χ3n) is 4.42. The number of aryl methyl sites for hydroxylation is 1. The molecule has 0 saturated carbocycles. The molecule has 0 aliphatic rings. The highest BCUT2D eigenvalue weighted by Gasteiger charge is 2.20. The Morgan fingerprint density at radius 1 is 1.04 bits per heavy atom. The highest BCUT2D eigenvalue weighted by Crippen LogP contribution is 2.27. The number of amides is 1. The minimum atomic E-state index is -0.542. The normalized spacial score (nSPS) is 13.4. The molecule has 1 N–H and O–H groups in total. The highest BCUT2D eigenvalue weighted by atomic mass is 16.5. The first-order valence-electron chi connectivity index (χ1n) is 9.04. The lowest BCUT2D eigenvalue weighted by molar-refractivity contribution is -0.128. The second-order valence-corrected chi connectivity index (χ2v) is 6.83. The number of hydrogen-bond acceptors (Lipinski definition) is 2. The minimum absolute atomic E-state index is 0.000470. The maximum atomic E-state index is 12.6. The molecule has 0 aliphatic heterocycles. The maximum absolute atomic E-state index is 12.6. The first kappa shape index (κ1) is 19.0. The lowest BCUT2D eigenvalue weighted by Crippen LogP contribution is -2.38. The number of carbonyl (C=O) groups is 1. The molecule has 1 amide bonds. The molecule has 0 saturated heterocycles. The molecular formula is C22H29NO2. The second kappa shape index (κ2) is 8.70. The van der Waals surface area contributed by atoms with Crippen LogP contribution >= 0.6 is 0 Å². The summed E-state index contributed by atoms with van der Waals surface area (Å²) in [6.07, 6.45) is 0.295. The Balaban J connectivity index is 2.05. The summed E-state index contributed by atoms with van der Waals surface area (Å²) >= 11 is 0. The van der Waals surface area contributed by atoms with Crippen molar-refractivity contribution >= 4 is 5.91 Å². The predicted molar refractivity (Wildman–Crippen MR) is 103 cm³/mol. The van der Waals surface area contributed by atoms with Crippen molar-refractivity contribution in [2.75, 3.05) is 0 Å². The van der Waals surface area contributed by atoms with Crippen LogP contribution in [-0.2, 0) is 4.79 Å². The molecule has 0 heterocycles. The third kappa shape index (κ3) is 5.09. The van der Waals surface area contributed by atoms with E-state index in [9.17, 15) is 4.79 Å². The monoisotopic (exact) mass is 339 g/mol. The summed E-state index contributed by atoms with van der Waals surface area (Å²) in [4.78, 5) is 12.6. The number of rotatable bonds is 7. The Kier molecular flexibility index (Phi) is 6.63. The van der Waals surface area contributed by atoms with Crippen LogP contribution in [0.2, 0.25) is 0 Å². The van der Waals surface area contributed by atoms with Crippen LogP contribution in [0, 0.1) is 6.92 Å². The number of para-hydroxylation sites is 1. The Morgan fingerprint density at radius 2 is 1.68 bits per heavy atom. The fourth-order valence-corrected chi connectivity index (χ4v) is 2.82. The van der Waals surface area contributed by atoms with Gasteiger partial charge in [-0.1, -0.05) is 68.8 Å². The fraction of sp³-hybridized carbons (Fsp3) is 0.409. The van der Waals surface area contributed by atoms with Gasteiger partial charge in [0.15, 0.2) is 6.10 Å². The van der Waals surface area contributed by atoms with Crippen LogP contribution in [0.1, 0.15) is 62.8 Å². The summed E-state index contributed by atoms with van der Waals surface area (Å²) in [6, 6.07) is 16.2. The smallest absolute Gasteiger partial charge is 0.261 e. The van der Waals surface area contributed by atoms with Crippen molar-refractivity contribution in [3.05, 3.63) is 65.2 Å². The molecule has 2 rings (SSSR count). The van der Waals surface area contributed by atoms with Gasteiger partial charge >= 0.3 is 0 Å². The molecule has 0 bridgehead atoms. The van der Waals surface area contributed by atoms with Crippen LogP contribution in [0.15, 0.2) is 48.5 Å². The predicted octanol–water partition coefficient (Wildman–Crippen LogP) is 5.15. The summed E-state index contributed by atoms with van der Waals surface area (Å²) in [5.41, 5.74) is 3.45. The zero-order valence-corrected chi connectivity index (χ0v) is 15.9. The fourth-order valence-electron chi connectivity index (χ4n) is 2.82. The van der Waals surface area contributed by atoms with Crippen molar-refractivity contribution in [2.24, 2.45) is 0 Å². The largest absolute Gasteiger partial charge is 0.481 e. The third-order valence-corrected chi connectivity index (χ3v) is 4.42. The van der Waals surface area contributed by atoms with Gasteiger partial charge < -0.3 is 10.1 Å². The maximum Gasteiger partial charge on any atom is 0.261 e. The van der Waals surface area contributed by atoms with Crippen LogP contribution < -0.4 is 10.1 Å². The average Bonchev–Trinajstić information content (AvgIpc) is 2.60. The molecule has 0 aromatic heterocycles. The van der Waals surface area contributed by atoms with Crippen molar-refractivity contribution in [3.8, 4) is 5.75 Å². The zero-order chi connectivity index (χ0) is 18.4. The van der Waals surface area contributed by atoms with Gasteiger partial charge in [-0.15, -0.1) is 0 Å². The van der Waals surface area contributed by atoms with E-state index in [0.29, 0.717) is 5.92 Å². The van der Waals surface area contributed by atoms with Gasteiger partial charge in [0, 0.05) is 0 Å². The Labute approximate surface area is 151 Å². The van der Waals surface area contributed by atoms with Gasteiger partial charge in [-0.25, -0.2) is 0 Å².